The molecule has 4 rings (SSSR count). The molecule has 1 heterocycles. The second-order valence-electron chi connectivity index (χ2n) is 7.65. The van der Waals surface area contributed by atoms with E-state index in [9.17, 15) is 0 Å². The number of furan rings is 1. The Kier molecular flexibility index (Phi) is 4.04. The molecule has 0 saturated carbocycles. The minimum Gasteiger partial charge on any atom is -0.440 e. The van der Waals surface area contributed by atoms with Gasteiger partial charge in [0.2, 0.25) is 0 Å². The van der Waals surface area contributed by atoms with Gasteiger partial charge in [-0.15, -0.1) is 0 Å². The first-order valence-electron chi connectivity index (χ1n) is 8.96. The first kappa shape index (κ1) is 16.5. The van der Waals surface area contributed by atoms with Crippen molar-refractivity contribution in [2.75, 3.05) is 5.32 Å². The molecule has 1 N–H and O–H groups in total. The van der Waals surface area contributed by atoms with Crippen molar-refractivity contribution in [3.05, 3.63) is 84.4 Å². The van der Waals surface area contributed by atoms with Gasteiger partial charge in [0, 0.05) is 22.7 Å². The van der Waals surface area contributed by atoms with Gasteiger partial charge in [0.25, 0.3) is 0 Å². The Morgan fingerprint density at radius 2 is 1.50 bits per heavy atom. The highest BCUT2D eigenvalue weighted by Crippen LogP contribution is 2.36. The van der Waals surface area contributed by atoms with Crippen LogP contribution in [0.2, 0.25) is 0 Å². The molecule has 0 spiro atoms. The number of hydrogen-bond acceptors (Lipinski definition) is 2. The number of hydrogen-bond donors (Lipinski definition) is 1. The number of rotatable bonds is 3. The van der Waals surface area contributed by atoms with Crippen LogP contribution in [0.1, 0.15) is 26.3 Å². The first-order chi connectivity index (χ1) is 12.5. The number of nitrogens with one attached hydrogen (secondary N) is 1. The minimum absolute atomic E-state index is 0.0986. The predicted octanol–water partition coefficient (Wildman–Crippen LogP) is 7.14. The Hall–Kier alpha value is -3.00. The monoisotopic (exact) mass is 341 g/mol. The molecule has 2 heteroatoms. The summed E-state index contributed by atoms with van der Waals surface area (Å²) in [5.74, 6) is 0.756. The highest BCUT2D eigenvalue weighted by Gasteiger charge is 2.17. The molecule has 0 amide bonds. The third kappa shape index (κ3) is 3.23. The summed E-state index contributed by atoms with van der Waals surface area (Å²) in [6.07, 6.45) is 0. The van der Waals surface area contributed by atoms with E-state index >= 15 is 0 Å². The highest BCUT2D eigenvalue weighted by molar-refractivity contribution is 5.85. The van der Waals surface area contributed by atoms with E-state index in [-0.39, 0.29) is 5.41 Å². The minimum atomic E-state index is 0.0986. The zero-order valence-corrected chi connectivity index (χ0v) is 15.4. The van der Waals surface area contributed by atoms with Crippen molar-refractivity contribution in [2.45, 2.75) is 26.2 Å². The summed E-state index contributed by atoms with van der Waals surface area (Å²) in [6, 6.07) is 27.2. The molecule has 0 bridgehead atoms. The van der Waals surface area contributed by atoms with Crippen molar-refractivity contribution >= 4 is 22.5 Å². The summed E-state index contributed by atoms with van der Waals surface area (Å²) < 4.78 is 5.95. The summed E-state index contributed by atoms with van der Waals surface area (Å²) in [4.78, 5) is 0. The van der Waals surface area contributed by atoms with Crippen LogP contribution in [0.15, 0.2) is 83.3 Å². The lowest BCUT2D eigenvalue weighted by atomic mass is 9.85. The first-order valence-corrected chi connectivity index (χ1v) is 8.96. The Labute approximate surface area is 154 Å². The van der Waals surface area contributed by atoms with Gasteiger partial charge in [0.05, 0.1) is 0 Å². The molecule has 0 unspecified atom stereocenters. The molecule has 4 aromatic rings. The van der Waals surface area contributed by atoms with Crippen molar-refractivity contribution in [2.24, 2.45) is 0 Å². The molecule has 0 fully saturated rings. The number of benzene rings is 3. The zero-order valence-electron chi connectivity index (χ0n) is 15.4. The maximum Gasteiger partial charge on any atom is 0.198 e. The molecule has 3 aromatic carbocycles. The van der Waals surface area contributed by atoms with Gasteiger partial charge in [-0.05, 0) is 34.7 Å². The summed E-state index contributed by atoms with van der Waals surface area (Å²) in [7, 11) is 0. The Balaban J connectivity index is 1.79. The van der Waals surface area contributed by atoms with E-state index in [4.69, 9.17) is 4.42 Å². The van der Waals surface area contributed by atoms with Gasteiger partial charge >= 0.3 is 0 Å². The molecular formula is C24H23NO. The van der Waals surface area contributed by atoms with Gasteiger partial charge in [-0.3, -0.25) is 0 Å². The molecule has 0 atom stereocenters. The van der Waals surface area contributed by atoms with Crippen LogP contribution < -0.4 is 5.32 Å². The van der Waals surface area contributed by atoms with Gasteiger partial charge in [0.1, 0.15) is 5.58 Å². The fourth-order valence-corrected chi connectivity index (χ4v) is 3.15. The van der Waals surface area contributed by atoms with E-state index < -0.39 is 0 Å². The Morgan fingerprint density at radius 1 is 0.769 bits per heavy atom. The van der Waals surface area contributed by atoms with Crippen molar-refractivity contribution in [1.82, 2.24) is 0 Å². The van der Waals surface area contributed by atoms with E-state index in [0.717, 1.165) is 22.5 Å². The van der Waals surface area contributed by atoms with Crippen molar-refractivity contribution in [1.29, 1.82) is 0 Å². The number of para-hydroxylation sites is 1. The van der Waals surface area contributed by atoms with E-state index in [0.29, 0.717) is 0 Å². The zero-order chi connectivity index (χ0) is 18.1. The molecule has 0 aliphatic heterocycles. The van der Waals surface area contributed by atoms with Crippen LogP contribution in [0.25, 0.3) is 22.1 Å². The van der Waals surface area contributed by atoms with Gasteiger partial charge in [-0.25, -0.2) is 0 Å². The van der Waals surface area contributed by atoms with Crippen LogP contribution in [0.3, 0.4) is 0 Å². The normalized spacial score (nSPS) is 11.7. The van der Waals surface area contributed by atoms with Gasteiger partial charge < -0.3 is 9.73 Å². The van der Waals surface area contributed by atoms with Gasteiger partial charge in [0.15, 0.2) is 5.88 Å². The topological polar surface area (TPSA) is 25.2 Å². The molecule has 2 nitrogen and oxygen atoms in total. The fourth-order valence-electron chi connectivity index (χ4n) is 3.15. The van der Waals surface area contributed by atoms with E-state index in [2.05, 4.69) is 74.6 Å². The summed E-state index contributed by atoms with van der Waals surface area (Å²) in [6.45, 7) is 6.72. The molecular weight excluding hydrogens is 318 g/mol. The lowest BCUT2D eigenvalue weighted by Crippen LogP contribution is -2.11. The summed E-state index contributed by atoms with van der Waals surface area (Å²) >= 11 is 0. The van der Waals surface area contributed by atoms with Gasteiger partial charge in [-0.1, -0.05) is 75.4 Å². The number of fused-ring (bicyclic) bond motifs is 1. The highest BCUT2D eigenvalue weighted by atomic mass is 16.3. The van der Waals surface area contributed by atoms with E-state index in [1.54, 1.807) is 0 Å². The third-order valence-corrected chi connectivity index (χ3v) is 4.65. The maximum atomic E-state index is 5.95. The Morgan fingerprint density at radius 3 is 2.23 bits per heavy atom. The van der Waals surface area contributed by atoms with Gasteiger partial charge in [-0.2, -0.15) is 0 Å². The number of anilines is 2. The quantitative estimate of drug-likeness (QED) is 0.428. The maximum absolute atomic E-state index is 5.95. The molecule has 0 aliphatic rings. The predicted molar refractivity (Wildman–Crippen MR) is 110 cm³/mol. The van der Waals surface area contributed by atoms with Crippen LogP contribution in [-0.4, -0.2) is 0 Å². The fraction of sp³-hybridized carbons (Fsp3) is 0.167. The molecule has 130 valence electrons. The van der Waals surface area contributed by atoms with Crippen LogP contribution in [0.4, 0.5) is 11.6 Å². The second-order valence-corrected chi connectivity index (χ2v) is 7.65. The van der Waals surface area contributed by atoms with Crippen molar-refractivity contribution < 1.29 is 4.42 Å². The van der Waals surface area contributed by atoms with Crippen LogP contribution >= 0.6 is 0 Å². The average Bonchev–Trinajstić information content (AvgIpc) is 3.04. The van der Waals surface area contributed by atoms with E-state index in [1.807, 2.05) is 30.3 Å². The molecule has 26 heavy (non-hydrogen) atoms. The lowest BCUT2D eigenvalue weighted by molar-refractivity contribution is 0.590. The van der Waals surface area contributed by atoms with Crippen molar-refractivity contribution in [3.8, 4) is 11.1 Å². The second kappa shape index (κ2) is 6.38. The smallest absolute Gasteiger partial charge is 0.198 e. The SMILES string of the molecule is CC(C)(C)c1ccc(Nc2cc3ccccc3o2)c(-c2ccccc2)c1. The molecule has 0 saturated heterocycles. The van der Waals surface area contributed by atoms with Crippen LogP contribution in [-0.2, 0) is 5.41 Å². The van der Waals surface area contributed by atoms with Crippen LogP contribution in [0.5, 0.6) is 0 Å². The van der Waals surface area contributed by atoms with E-state index in [1.165, 1.54) is 16.7 Å². The Bertz CT molecular complexity index is 1010. The summed E-state index contributed by atoms with van der Waals surface area (Å²) in [5, 5.41) is 4.57. The standard InChI is InChI=1S/C24H23NO/c1-24(2,3)19-13-14-21(20(16-19)17-9-5-4-6-10-17)25-23-15-18-11-7-8-12-22(18)26-23/h4-16,25H,1-3H3. The molecule has 0 radical (unpaired) electrons. The largest absolute Gasteiger partial charge is 0.440 e. The lowest BCUT2D eigenvalue weighted by Gasteiger charge is -2.21. The molecule has 0 aliphatic carbocycles. The van der Waals surface area contributed by atoms with Crippen LogP contribution in [0, 0.1) is 0 Å². The van der Waals surface area contributed by atoms with Crippen molar-refractivity contribution in [3.63, 3.8) is 0 Å². The summed E-state index contributed by atoms with van der Waals surface area (Å²) in [5.41, 5.74) is 5.72. The molecule has 1 aromatic heterocycles. The average molecular weight is 341 g/mol. The third-order valence-electron chi connectivity index (χ3n) is 4.65.